The Morgan fingerprint density at radius 1 is 0.966 bits per heavy atom. The molecule has 1 aromatic heterocycles. The van der Waals surface area contributed by atoms with Crippen molar-refractivity contribution >= 4 is 23.4 Å². The van der Waals surface area contributed by atoms with Crippen LogP contribution in [0.4, 0.5) is 5.69 Å². The van der Waals surface area contributed by atoms with Gasteiger partial charge in [0, 0.05) is 11.6 Å². The number of thioether (sulfide) groups is 1. The first-order valence-corrected chi connectivity index (χ1v) is 10.0. The van der Waals surface area contributed by atoms with Crippen LogP contribution in [0.2, 0.25) is 0 Å². The minimum absolute atomic E-state index is 0.154. The highest BCUT2D eigenvalue weighted by Crippen LogP contribution is 2.29. The smallest absolute Gasteiger partial charge is 0.234 e. The van der Waals surface area contributed by atoms with Crippen molar-refractivity contribution in [2.45, 2.75) is 18.9 Å². The molecule has 0 unspecified atom stereocenters. The van der Waals surface area contributed by atoms with Crippen LogP contribution in [0.1, 0.15) is 11.1 Å². The lowest BCUT2D eigenvalue weighted by Crippen LogP contribution is -2.14. The van der Waals surface area contributed by atoms with E-state index in [1.165, 1.54) is 22.9 Å². The molecule has 0 spiro atoms. The Hall–Kier alpha value is -3.06. The third kappa shape index (κ3) is 5.26. The van der Waals surface area contributed by atoms with E-state index in [1.54, 1.807) is 32.4 Å². The lowest BCUT2D eigenvalue weighted by atomic mass is 10.0. The number of benzene rings is 2. The summed E-state index contributed by atoms with van der Waals surface area (Å²) in [6.07, 6.45) is 0. The lowest BCUT2D eigenvalue weighted by Gasteiger charge is -2.11. The highest BCUT2D eigenvalue weighted by molar-refractivity contribution is 7.99. The van der Waals surface area contributed by atoms with Crippen molar-refractivity contribution < 1.29 is 14.3 Å². The van der Waals surface area contributed by atoms with E-state index in [9.17, 15) is 4.79 Å². The standard InChI is InChI=1S/C22H23N3O3S/c1-14-5-6-16(11-15(14)2)18-9-10-22(25-24-18)29-13-21(26)23-19-8-7-17(27-3)12-20(19)28-4/h5-12H,13H2,1-4H3,(H,23,26). The molecule has 3 rings (SSSR count). The van der Waals surface area contributed by atoms with E-state index in [1.807, 2.05) is 18.2 Å². The molecule has 0 fully saturated rings. The fourth-order valence-electron chi connectivity index (χ4n) is 2.68. The molecule has 3 aromatic rings. The maximum Gasteiger partial charge on any atom is 0.234 e. The molecule has 1 heterocycles. The van der Waals surface area contributed by atoms with Crippen molar-refractivity contribution in [1.82, 2.24) is 10.2 Å². The average molecular weight is 410 g/mol. The second-order valence-electron chi connectivity index (χ2n) is 6.46. The van der Waals surface area contributed by atoms with Gasteiger partial charge in [0.15, 0.2) is 0 Å². The van der Waals surface area contributed by atoms with Gasteiger partial charge in [-0.2, -0.15) is 0 Å². The number of ether oxygens (including phenoxy) is 2. The van der Waals surface area contributed by atoms with Gasteiger partial charge < -0.3 is 14.8 Å². The molecule has 0 radical (unpaired) electrons. The van der Waals surface area contributed by atoms with Crippen molar-refractivity contribution in [3.05, 3.63) is 59.7 Å². The molecule has 2 aromatic carbocycles. The van der Waals surface area contributed by atoms with E-state index in [4.69, 9.17) is 9.47 Å². The second-order valence-corrected chi connectivity index (χ2v) is 7.45. The van der Waals surface area contributed by atoms with Gasteiger partial charge in [-0.15, -0.1) is 10.2 Å². The van der Waals surface area contributed by atoms with Crippen LogP contribution in [-0.2, 0) is 4.79 Å². The first kappa shape index (κ1) is 20.7. The van der Waals surface area contributed by atoms with Crippen molar-refractivity contribution in [3.8, 4) is 22.8 Å². The number of amides is 1. The number of hydrogen-bond acceptors (Lipinski definition) is 6. The van der Waals surface area contributed by atoms with Gasteiger partial charge in [-0.3, -0.25) is 4.79 Å². The summed E-state index contributed by atoms with van der Waals surface area (Å²) >= 11 is 1.33. The largest absolute Gasteiger partial charge is 0.497 e. The number of rotatable bonds is 7. The quantitative estimate of drug-likeness (QED) is 0.579. The summed E-state index contributed by atoms with van der Waals surface area (Å²) < 4.78 is 10.5. The summed E-state index contributed by atoms with van der Waals surface area (Å²) in [4.78, 5) is 12.3. The Labute approximate surface area is 174 Å². The van der Waals surface area contributed by atoms with E-state index >= 15 is 0 Å². The Kier molecular flexibility index (Phi) is 6.72. The molecule has 0 atom stereocenters. The van der Waals surface area contributed by atoms with Gasteiger partial charge >= 0.3 is 0 Å². The molecule has 0 saturated carbocycles. The summed E-state index contributed by atoms with van der Waals surface area (Å²) in [6, 6.07) is 15.2. The van der Waals surface area contributed by atoms with Crippen molar-refractivity contribution in [1.29, 1.82) is 0 Å². The van der Waals surface area contributed by atoms with Crippen molar-refractivity contribution in [2.24, 2.45) is 0 Å². The zero-order valence-electron chi connectivity index (χ0n) is 16.9. The molecule has 7 heteroatoms. The average Bonchev–Trinajstić information content (AvgIpc) is 2.75. The number of anilines is 1. The van der Waals surface area contributed by atoms with Gasteiger partial charge in [0.05, 0.1) is 31.4 Å². The molecule has 29 heavy (non-hydrogen) atoms. The van der Waals surface area contributed by atoms with E-state index in [0.29, 0.717) is 22.2 Å². The Balaban J connectivity index is 1.60. The first-order valence-electron chi connectivity index (χ1n) is 9.06. The number of methoxy groups -OCH3 is 2. The lowest BCUT2D eigenvalue weighted by molar-refractivity contribution is -0.113. The van der Waals surface area contributed by atoms with Gasteiger partial charge in [-0.05, 0) is 55.3 Å². The van der Waals surface area contributed by atoms with E-state index in [2.05, 4.69) is 41.5 Å². The molecular formula is C22H23N3O3S. The fourth-order valence-corrected chi connectivity index (χ4v) is 3.29. The summed E-state index contributed by atoms with van der Waals surface area (Å²) in [5, 5.41) is 12.1. The number of aromatic nitrogens is 2. The van der Waals surface area contributed by atoms with Crippen LogP contribution < -0.4 is 14.8 Å². The molecule has 1 N–H and O–H groups in total. The van der Waals surface area contributed by atoms with Crippen LogP contribution in [0.5, 0.6) is 11.5 Å². The molecule has 0 bridgehead atoms. The van der Waals surface area contributed by atoms with Gasteiger partial charge in [0.2, 0.25) is 5.91 Å². The summed E-state index contributed by atoms with van der Waals surface area (Å²) in [6.45, 7) is 4.16. The molecule has 1 amide bonds. The minimum atomic E-state index is -0.154. The highest BCUT2D eigenvalue weighted by atomic mass is 32.2. The zero-order chi connectivity index (χ0) is 20.8. The van der Waals surface area contributed by atoms with Crippen LogP contribution in [0.15, 0.2) is 53.6 Å². The Morgan fingerprint density at radius 3 is 2.45 bits per heavy atom. The third-order valence-electron chi connectivity index (χ3n) is 4.48. The highest BCUT2D eigenvalue weighted by Gasteiger charge is 2.10. The zero-order valence-corrected chi connectivity index (χ0v) is 17.7. The summed E-state index contributed by atoms with van der Waals surface area (Å²) in [7, 11) is 3.13. The minimum Gasteiger partial charge on any atom is -0.497 e. The molecule has 6 nitrogen and oxygen atoms in total. The Bertz CT molecular complexity index is 1010. The number of hydrogen-bond donors (Lipinski definition) is 1. The molecule has 0 aliphatic heterocycles. The maximum absolute atomic E-state index is 12.3. The predicted octanol–water partition coefficient (Wildman–Crippen LogP) is 4.51. The number of carbonyl (C=O) groups is 1. The summed E-state index contributed by atoms with van der Waals surface area (Å²) in [5.74, 6) is 1.26. The van der Waals surface area contributed by atoms with Crippen molar-refractivity contribution in [3.63, 3.8) is 0 Å². The second kappa shape index (κ2) is 9.43. The van der Waals surface area contributed by atoms with E-state index in [0.717, 1.165) is 11.3 Å². The van der Waals surface area contributed by atoms with Gasteiger partial charge in [-0.1, -0.05) is 23.9 Å². The van der Waals surface area contributed by atoms with Crippen LogP contribution in [0.25, 0.3) is 11.3 Å². The molecule has 150 valence electrons. The maximum atomic E-state index is 12.3. The molecule has 0 aliphatic rings. The van der Waals surface area contributed by atoms with Gasteiger partial charge in [0.25, 0.3) is 0 Å². The summed E-state index contributed by atoms with van der Waals surface area (Å²) in [5.41, 5.74) is 4.89. The normalized spacial score (nSPS) is 10.5. The molecule has 0 aliphatic carbocycles. The first-order chi connectivity index (χ1) is 14.0. The number of carbonyl (C=O) groups excluding carboxylic acids is 1. The number of nitrogens with one attached hydrogen (secondary N) is 1. The number of nitrogens with zero attached hydrogens (tertiary/aromatic N) is 2. The fraction of sp³-hybridized carbons (Fsp3) is 0.227. The predicted molar refractivity (Wildman–Crippen MR) is 116 cm³/mol. The SMILES string of the molecule is COc1ccc(NC(=O)CSc2ccc(-c3ccc(C)c(C)c3)nn2)c(OC)c1. The van der Waals surface area contributed by atoms with Crippen LogP contribution in [-0.4, -0.2) is 36.1 Å². The van der Waals surface area contributed by atoms with Gasteiger partial charge in [-0.25, -0.2) is 0 Å². The van der Waals surface area contributed by atoms with Crippen LogP contribution >= 0.6 is 11.8 Å². The van der Waals surface area contributed by atoms with Crippen LogP contribution in [0, 0.1) is 13.8 Å². The van der Waals surface area contributed by atoms with Crippen molar-refractivity contribution in [2.75, 3.05) is 25.3 Å². The topological polar surface area (TPSA) is 73.3 Å². The van der Waals surface area contributed by atoms with Gasteiger partial charge in [0.1, 0.15) is 16.5 Å². The Morgan fingerprint density at radius 2 is 1.79 bits per heavy atom. The molecular weight excluding hydrogens is 386 g/mol. The monoisotopic (exact) mass is 409 g/mol. The van der Waals surface area contributed by atoms with E-state index < -0.39 is 0 Å². The van der Waals surface area contributed by atoms with Crippen LogP contribution in [0.3, 0.4) is 0 Å². The molecule has 0 saturated heterocycles. The number of aryl methyl sites for hydroxylation is 2. The third-order valence-corrected chi connectivity index (χ3v) is 5.40. The van der Waals surface area contributed by atoms with E-state index in [-0.39, 0.29) is 11.7 Å².